The molecule has 1 aromatic carbocycles. The Morgan fingerprint density at radius 3 is 2.86 bits per heavy atom. The van der Waals surface area contributed by atoms with E-state index in [0.29, 0.717) is 12.5 Å². The Morgan fingerprint density at radius 2 is 2.05 bits per heavy atom. The molecule has 3 rings (SSSR count). The van der Waals surface area contributed by atoms with Crippen molar-refractivity contribution in [3.63, 3.8) is 0 Å². The summed E-state index contributed by atoms with van der Waals surface area (Å²) in [4.78, 5) is 12.1. The number of nitrogens with one attached hydrogen (secondary N) is 1. The zero-order valence-corrected chi connectivity index (χ0v) is 12.9. The molecule has 0 spiro atoms. The van der Waals surface area contributed by atoms with Crippen molar-refractivity contribution in [2.75, 3.05) is 12.1 Å². The van der Waals surface area contributed by atoms with Gasteiger partial charge in [0.2, 0.25) is 18.0 Å². The predicted molar refractivity (Wildman–Crippen MR) is 80.5 cm³/mol. The van der Waals surface area contributed by atoms with E-state index in [0.717, 1.165) is 17.1 Å². The quantitative estimate of drug-likeness (QED) is 0.906. The molecule has 1 aromatic heterocycles. The molecular formula is C14H15ClN4O3. The van der Waals surface area contributed by atoms with Crippen LogP contribution < -0.4 is 19.5 Å². The van der Waals surface area contributed by atoms with Crippen LogP contribution in [0.1, 0.15) is 19.4 Å². The molecule has 7 nitrogen and oxygen atoms in total. The number of aromatic nitrogens is 3. The number of halogens is 1. The van der Waals surface area contributed by atoms with Crippen LogP contribution in [0.25, 0.3) is 0 Å². The highest BCUT2D eigenvalue weighted by Crippen LogP contribution is 2.32. The molecule has 0 fully saturated rings. The van der Waals surface area contributed by atoms with Crippen LogP contribution in [-0.2, 0) is 6.54 Å². The molecule has 22 heavy (non-hydrogen) atoms. The topological polar surface area (TPSA) is 78.4 Å². The monoisotopic (exact) mass is 322 g/mol. The first-order valence-electron chi connectivity index (χ1n) is 6.81. The lowest BCUT2D eigenvalue weighted by Gasteiger charge is -2.10. The van der Waals surface area contributed by atoms with Gasteiger partial charge < -0.3 is 19.5 Å². The third-order valence-corrected chi connectivity index (χ3v) is 2.99. The summed E-state index contributed by atoms with van der Waals surface area (Å²) in [5, 5.41) is 3.17. The fourth-order valence-electron chi connectivity index (χ4n) is 1.91. The minimum atomic E-state index is -0.0415. The molecule has 1 aliphatic heterocycles. The van der Waals surface area contributed by atoms with Gasteiger partial charge in [-0.2, -0.15) is 15.0 Å². The van der Waals surface area contributed by atoms with Gasteiger partial charge in [0.15, 0.2) is 11.5 Å². The molecule has 2 aromatic rings. The highest BCUT2D eigenvalue weighted by Gasteiger charge is 2.13. The molecule has 0 radical (unpaired) electrons. The van der Waals surface area contributed by atoms with Crippen LogP contribution in [0.4, 0.5) is 5.95 Å². The molecule has 0 bridgehead atoms. The second kappa shape index (κ2) is 6.23. The minimum absolute atomic E-state index is 0.0415. The Kier molecular flexibility index (Phi) is 4.15. The normalized spacial score (nSPS) is 12.5. The van der Waals surface area contributed by atoms with Crippen LogP contribution in [0, 0.1) is 0 Å². The van der Waals surface area contributed by atoms with E-state index in [1.165, 1.54) is 0 Å². The summed E-state index contributed by atoms with van der Waals surface area (Å²) in [6, 6.07) is 5.91. The average Bonchev–Trinajstić information content (AvgIpc) is 2.91. The summed E-state index contributed by atoms with van der Waals surface area (Å²) < 4.78 is 16.0. The molecule has 1 aliphatic rings. The van der Waals surface area contributed by atoms with Crippen molar-refractivity contribution in [2.24, 2.45) is 0 Å². The van der Waals surface area contributed by atoms with E-state index in [9.17, 15) is 0 Å². The number of anilines is 1. The molecule has 0 amide bonds. The van der Waals surface area contributed by atoms with Gasteiger partial charge in [0.1, 0.15) is 0 Å². The van der Waals surface area contributed by atoms with Crippen molar-refractivity contribution in [3.05, 3.63) is 29.0 Å². The summed E-state index contributed by atoms with van der Waals surface area (Å²) in [6.07, 6.45) is -0.0415. The molecular weight excluding hydrogens is 308 g/mol. The first-order valence-corrected chi connectivity index (χ1v) is 7.18. The average molecular weight is 323 g/mol. The van der Waals surface area contributed by atoms with Crippen LogP contribution in [0.2, 0.25) is 5.28 Å². The van der Waals surface area contributed by atoms with Gasteiger partial charge in [-0.05, 0) is 43.1 Å². The van der Waals surface area contributed by atoms with E-state index in [1.54, 1.807) is 0 Å². The second-order valence-electron chi connectivity index (χ2n) is 4.92. The standard InChI is InChI=1S/C14H15ClN4O3/c1-8(2)22-14-18-12(15)17-13(19-14)16-6-9-3-4-10-11(5-9)21-7-20-10/h3-5,8H,6-7H2,1-2H3,(H,16,17,18,19). The van der Waals surface area contributed by atoms with E-state index >= 15 is 0 Å². The van der Waals surface area contributed by atoms with Crippen LogP contribution >= 0.6 is 11.6 Å². The summed E-state index contributed by atoms with van der Waals surface area (Å²) in [5.74, 6) is 1.84. The lowest BCUT2D eigenvalue weighted by Crippen LogP contribution is -2.11. The number of nitrogens with zero attached hydrogens (tertiary/aromatic N) is 3. The van der Waals surface area contributed by atoms with Gasteiger partial charge in [-0.3, -0.25) is 0 Å². The van der Waals surface area contributed by atoms with Crippen LogP contribution in [0.5, 0.6) is 17.5 Å². The summed E-state index contributed by atoms with van der Waals surface area (Å²) in [7, 11) is 0. The van der Waals surface area contributed by atoms with Crippen LogP contribution in [0.3, 0.4) is 0 Å². The second-order valence-corrected chi connectivity index (χ2v) is 5.26. The van der Waals surface area contributed by atoms with Crippen molar-refractivity contribution in [3.8, 4) is 17.5 Å². The Hall–Kier alpha value is -2.28. The Morgan fingerprint density at radius 1 is 1.23 bits per heavy atom. The Bertz CT molecular complexity index is 681. The van der Waals surface area contributed by atoms with E-state index < -0.39 is 0 Å². The van der Waals surface area contributed by atoms with Crippen molar-refractivity contribution in [1.29, 1.82) is 0 Å². The summed E-state index contributed by atoms with van der Waals surface area (Å²) >= 11 is 5.87. The number of ether oxygens (including phenoxy) is 3. The highest BCUT2D eigenvalue weighted by atomic mass is 35.5. The van der Waals surface area contributed by atoms with Crippen molar-refractivity contribution >= 4 is 17.5 Å². The number of rotatable bonds is 5. The molecule has 8 heteroatoms. The fourth-order valence-corrected chi connectivity index (χ4v) is 2.06. The Labute approximate surface area is 132 Å². The number of hydrogen-bond acceptors (Lipinski definition) is 7. The summed E-state index contributed by atoms with van der Waals surface area (Å²) in [6.45, 7) is 4.54. The maximum atomic E-state index is 5.87. The number of hydrogen-bond donors (Lipinski definition) is 1. The van der Waals surface area contributed by atoms with E-state index in [2.05, 4.69) is 20.3 Å². The lowest BCUT2D eigenvalue weighted by atomic mass is 10.2. The predicted octanol–water partition coefficient (Wildman–Crippen LogP) is 2.65. The van der Waals surface area contributed by atoms with Gasteiger partial charge in [0, 0.05) is 6.54 Å². The molecule has 0 aliphatic carbocycles. The van der Waals surface area contributed by atoms with Gasteiger partial charge in [0.05, 0.1) is 6.10 Å². The lowest BCUT2D eigenvalue weighted by molar-refractivity contribution is 0.174. The highest BCUT2D eigenvalue weighted by molar-refractivity contribution is 6.28. The molecule has 0 atom stereocenters. The maximum Gasteiger partial charge on any atom is 0.322 e. The van der Waals surface area contributed by atoms with E-state index in [4.69, 9.17) is 25.8 Å². The van der Waals surface area contributed by atoms with E-state index in [1.807, 2.05) is 32.0 Å². The SMILES string of the molecule is CC(C)Oc1nc(Cl)nc(NCc2ccc3c(c2)OCO3)n1. The van der Waals surface area contributed by atoms with Crippen molar-refractivity contribution in [2.45, 2.75) is 26.5 Å². The van der Waals surface area contributed by atoms with Gasteiger partial charge in [-0.15, -0.1) is 0 Å². The van der Waals surface area contributed by atoms with Gasteiger partial charge >= 0.3 is 6.01 Å². The molecule has 116 valence electrons. The first-order chi connectivity index (χ1) is 10.6. The van der Waals surface area contributed by atoms with Crippen LogP contribution in [-0.4, -0.2) is 27.8 Å². The van der Waals surface area contributed by atoms with Gasteiger partial charge in [-0.1, -0.05) is 6.07 Å². The molecule has 0 saturated heterocycles. The largest absolute Gasteiger partial charge is 0.461 e. The minimum Gasteiger partial charge on any atom is -0.461 e. The van der Waals surface area contributed by atoms with Crippen molar-refractivity contribution < 1.29 is 14.2 Å². The Balaban J connectivity index is 1.69. The molecule has 0 unspecified atom stereocenters. The van der Waals surface area contributed by atoms with E-state index in [-0.39, 0.29) is 24.2 Å². The zero-order chi connectivity index (χ0) is 15.5. The number of fused-ring (bicyclic) bond motifs is 1. The number of benzene rings is 1. The van der Waals surface area contributed by atoms with Gasteiger partial charge in [0.25, 0.3) is 0 Å². The maximum absolute atomic E-state index is 5.87. The van der Waals surface area contributed by atoms with Crippen molar-refractivity contribution in [1.82, 2.24) is 15.0 Å². The molecule has 1 N–H and O–H groups in total. The smallest absolute Gasteiger partial charge is 0.322 e. The van der Waals surface area contributed by atoms with Crippen LogP contribution in [0.15, 0.2) is 18.2 Å². The zero-order valence-electron chi connectivity index (χ0n) is 12.2. The molecule has 2 heterocycles. The van der Waals surface area contributed by atoms with Gasteiger partial charge in [-0.25, -0.2) is 0 Å². The summed E-state index contributed by atoms with van der Waals surface area (Å²) in [5.41, 5.74) is 1.01. The molecule has 0 saturated carbocycles. The third-order valence-electron chi connectivity index (χ3n) is 2.82. The first kappa shape index (κ1) is 14.6. The fraction of sp³-hybridized carbons (Fsp3) is 0.357. The third kappa shape index (κ3) is 3.48.